The van der Waals surface area contributed by atoms with Crippen molar-refractivity contribution in [2.45, 2.75) is 6.42 Å². The molecule has 2 N–H and O–H groups in total. The minimum atomic E-state index is 0. The Kier molecular flexibility index (Phi) is 5.76. The highest BCUT2D eigenvalue weighted by Crippen LogP contribution is 2.06. The van der Waals surface area contributed by atoms with Gasteiger partial charge in [0.1, 0.15) is 0 Å². The minimum absolute atomic E-state index is 0. The molecule has 0 radical (unpaired) electrons. The summed E-state index contributed by atoms with van der Waals surface area (Å²) in [6, 6.07) is 0. The summed E-state index contributed by atoms with van der Waals surface area (Å²) in [4.78, 5) is 11.2. The van der Waals surface area contributed by atoms with E-state index >= 15 is 0 Å². The summed E-state index contributed by atoms with van der Waals surface area (Å²) in [6.07, 6.45) is 2.66. The van der Waals surface area contributed by atoms with E-state index in [1.807, 2.05) is 0 Å². The van der Waals surface area contributed by atoms with E-state index in [1.165, 1.54) is 0 Å². The predicted molar refractivity (Wildman–Crippen MR) is 51.4 cm³/mol. The Morgan fingerprint density at radius 2 is 2.50 bits per heavy atom. The molecule has 1 fully saturated rings. The Bertz CT molecular complexity index is 155. The van der Waals surface area contributed by atoms with Crippen molar-refractivity contribution in [3.05, 3.63) is 12.7 Å². The van der Waals surface area contributed by atoms with Crippen LogP contribution in [0.25, 0.3) is 0 Å². The van der Waals surface area contributed by atoms with E-state index in [9.17, 15) is 4.79 Å². The molecule has 0 unspecified atom stereocenters. The zero-order chi connectivity index (χ0) is 8.10. The lowest BCUT2D eigenvalue weighted by molar-refractivity contribution is -0.124. The molecular weight excluding hydrogens is 176 g/mol. The molecule has 0 aliphatic carbocycles. The van der Waals surface area contributed by atoms with Crippen LogP contribution in [0.3, 0.4) is 0 Å². The number of halogens is 1. The maximum atomic E-state index is 11.2. The van der Waals surface area contributed by atoms with Crippen LogP contribution < -0.4 is 10.6 Å². The second-order valence-corrected chi connectivity index (χ2v) is 2.72. The molecule has 1 atom stereocenters. The highest BCUT2D eigenvalue weighted by molar-refractivity contribution is 5.85. The molecule has 70 valence electrons. The SMILES string of the molecule is C=CCNC(=O)[C@H]1CCNC1.Cl. The van der Waals surface area contributed by atoms with Crippen LogP contribution in [0.5, 0.6) is 0 Å². The minimum Gasteiger partial charge on any atom is -0.352 e. The summed E-state index contributed by atoms with van der Waals surface area (Å²) in [6.45, 7) is 5.89. The van der Waals surface area contributed by atoms with Crippen LogP contribution in [0.15, 0.2) is 12.7 Å². The lowest BCUT2D eigenvalue weighted by Crippen LogP contribution is -2.31. The first-order valence-electron chi connectivity index (χ1n) is 3.94. The van der Waals surface area contributed by atoms with Crippen molar-refractivity contribution < 1.29 is 4.79 Å². The van der Waals surface area contributed by atoms with Gasteiger partial charge >= 0.3 is 0 Å². The van der Waals surface area contributed by atoms with Gasteiger partial charge in [0.25, 0.3) is 0 Å². The zero-order valence-corrected chi connectivity index (χ0v) is 7.82. The molecule has 1 aliphatic heterocycles. The monoisotopic (exact) mass is 190 g/mol. The van der Waals surface area contributed by atoms with Gasteiger partial charge in [0.05, 0.1) is 5.92 Å². The van der Waals surface area contributed by atoms with Crippen molar-refractivity contribution in [2.75, 3.05) is 19.6 Å². The van der Waals surface area contributed by atoms with Gasteiger partial charge in [0.15, 0.2) is 0 Å². The third-order valence-corrected chi connectivity index (χ3v) is 1.85. The molecular formula is C8H15ClN2O. The van der Waals surface area contributed by atoms with E-state index in [2.05, 4.69) is 17.2 Å². The van der Waals surface area contributed by atoms with Crippen LogP contribution in [0.2, 0.25) is 0 Å². The van der Waals surface area contributed by atoms with Gasteiger partial charge in [-0.05, 0) is 13.0 Å². The number of rotatable bonds is 3. The van der Waals surface area contributed by atoms with Crippen molar-refractivity contribution in [3.8, 4) is 0 Å². The van der Waals surface area contributed by atoms with Gasteiger partial charge in [-0.25, -0.2) is 0 Å². The summed E-state index contributed by atoms with van der Waals surface area (Å²) in [5.41, 5.74) is 0. The molecule has 0 bridgehead atoms. The number of carbonyl (C=O) groups excluding carboxylic acids is 1. The van der Waals surface area contributed by atoms with E-state index in [-0.39, 0.29) is 24.2 Å². The van der Waals surface area contributed by atoms with Crippen LogP contribution in [-0.2, 0) is 4.79 Å². The second-order valence-electron chi connectivity index (χ2n) is 2.72. The predicted octanol–water partition coefficient (Wildman–Crippen LogP) is 0.320. The zero-order valence-electron chi connectivity index (χ0n) is 7.01. The first kappa shape index (κ1) is 11.5. The molecule has 0 saturated carbocycles. The second kappa shape index (κ2) is 6.03. The number of hydrogen-bond acceptors (Lipinski definition) is 2. The third-order valence-electron chi connectivity index (χ3n) is 1.85. The van der Waals surface area contributed by atoms with Crippen molar-refractivity contribution in [1.29, 1.82) is 0 Å². The molecule has 1 heterocycles. The molecule has 3 nitrogen and oxygen atoms in total. The molecule has 1 aliphatic rings. The van der Waals surface area contributed by atoms with E-state index < -0.39 is 0 Å². The normalized spacial score (nSPS) is 21.2. The van der Waals surface area contributed by atoms with E-state index in [0.29, 0.717) is 6.54 Å². The van der Waals surface area contributed by atoms with Gasteiger partial charge in [-0.2, -0.15) is 0 Å². The summed E-state index contributed by atoms with van der Waals surface area (Å²) in [7, 11) is 0. The Hall–Kier alpha value is -0.540. The molecule has 0 aromatic carbocycles. The Labute approximate surface area is 79.0 Å². The Morgan fingerprint density at radius 1 is 1.75 bits per heavy atom. The maximum Gasteiger partial charge on any atom is 0.224 e. The standard InChI is InChI=1S/C8H14N2O.ClH/c1-2-4-10-8(11)7-3-5-9-6-7;/h2,7,9H,1,3-6H2,(H,10,11);1H/t7-;/m0./s1. The van der Waals surface area contributed by atoms with Gasteiger partial charge in [-0.3, -0.25) is 4.79 Å². The van der Waals surface area contributed by atoms with Gasteiger partial charge in [0.2, 0.25) is 5.91 Å². The van der Waals surface area contributed by atoms with Crippen molar-refractivity contribution >= 4 is 18.3 Å². The summed E-state index contributed by atoms with van der Waals surface area (Å²) in [5.74, 6) is 0.324. The molecule has 12 heavy (non-hydrogen) atoms. The number of amides is 1. The van der Waals surface area contributed by atoms with Gasteiger partial charge in [-0.15, -0.1) is 19.0 Å². The lowest BCUT2D eigenvalue weighted by atomic mass is 10.1. The average molecular weight is 191 g/mol. The highest BCUT2D eigenvalue weighted by atomic mass is 35.5. The Balaban J connectivity index is 0.00000121. The smallest absolute Gasteiger partial charge is 0.224 e. The van der Waals surface area contributed by atoms with Crippen molar-refractivity contribution in [1.82, 2.24) is 10.6 Å². The molecule has 0 aromatic rings. The Morgan fingerprint density at radius 3 is 3.00 bits per heavy atom. The highest BCUT2D eigenvalue weighted by Gasteiger charge is 2.21. The van der Waals surface area contributed by atoms with Crippen LogP contribution in [0.1, 0.15) is 6.42 Å². The first-order valence-corrected chi connectivity index (χ1v) is 3.94. The van der Waals surface area contributed by atoms with Crippen LogP contribution in [0, 0.1) is 5.92 Å². The van der Waals surface area contributed by atoms with Gasteiger partial charge < -0.3 is 10.6 Å². The maximum absolute atomic E-state index is 11.2. The molecule has 1 rings (SSSR count). The fourth-order valence-corrected chi connectivity index (χ4v) is 1.20. The summed E-state index contributed by atoms with van der Waals surface area (Å²) in [5, 5.41) is 5.92. The fourth-order valence-electron chi connectivity index (χ4n) is 1.20. The molecule has 4 heteroatoms. The quantitative estimate of drug-likeness (QED) is 0.630. The number of nitrogens with one attached hydrogen (secondary N) is 2. The number of carbonyl (C=O) groups is 1. The van der Waals surface area contributed by atoms with Crippen molar-refractivity contribution in [2.24, 2.45) is 5.92 Å². The fraction of sp³-hybridized carbons (Fsp3) is 0.625. The number of hydrogen-bond donors (Lipinski definition) is 2. The molecule has 0 spiro atoms. The van der Waals surface area contributed by atoms with E-state index in [4.69, 9.17) is 0 Å². The molecule has 1 amide bonds. The van der Waals surface area contributed by atoms with Crippen molar-refractivity contribution in [3.63, 3.8) is 0 Å². The molecule has 1 saturated heterocycles. The summed E-state index contributed by atoms with van der Waals surface area (Å²) >= 11 is 0. The van der Waals surface area contributed by atoms with Gasteiger partial charge in [-0.1, -0.05) is 6.08 Å². The van der Waals surface area contributed by atoms with Crippen LogP contribution in [-0.4, -0.2) is 25.5 Å². The largest absolute Gasteiger partial charge is 0.352 e. The van der Waals surface area contributed by atoms with E-state index in [0.717, 1.165) is 19.5 Å². The first-order chi connectivity index (χ1) is 5.34. The lowest BCUT2D eigenvalue weighted by Gasteiger charge is -2.06. The third kappa shape index (κ3) is 3.24. The van der Waals surface area contributed by atoms with Crippen LogP contribution in [0.4, 0.5) is 0 Å². The topological polar surface area (TPSA) is 41.1 Å². The van der Waals surface area contributed by atoms with E-state index in [1.54, 1.807) is 6.08 Å². The molecule has 0 aromatic heterocycles. The van der Waals surface area contributed by atoms with Gasteiger partial charge in [0, 0.05) is 13.1 Å². The van der Waals surface area contributed by atoms with Crippen LogP contribution >= 0.6 is 12.4 Å². The summed E-state index contributed by atoms with van der Waals surface area (Å²) < 4.78 is 0. The average Bonchev–Trinajstić information content (AvgIpc) is 2.52.